The van der Waals surface area contributed by atoms with Crippen LogP contribution in [0.5, 0.6) is 0 Å². The van der Waals surface area contributed by atoms with E-state index in [1.54, 1.807) is 42.5 Å². The van der Waals surface area contributed by atoms with Crippen LogP contribution < -0.4 is 5.32 Å². The number of carbonyl (C=O) groups excluding carboxylic acids is 1. The van der Waals surface area contributed by atoms with E-state index in [1.165, 1.54) is 12.1 Å². The number of hydrogen-bond acceptors (Lipinski definition) is 4. The van der Waals surface area contributed by atoms with Crippen molar-refractivity contribution in [2.45, 2.75) is 6.92 Å². The van der Waals surface area contributed by atoms with E-state index in [2.05, 4.69) is 5.32 Å². The number of furan rings is 1. The number of carboxylic acid groups (broad SMARTS) is 1. The Balaban J connectivity index is 1.87. The first-order valence-electron chi connectivity index (χ1n) is 8.41. The van der Waals surface area contributed by atoms with Crippen LogP contribution in [-0.4, -0.2) is 17.0 Å². The van der Waals surface area contributed by atoms with Crippen LogP contribution >= 0.6 is 0 Å². The first kappa shape index (κ1) is 18.7. The van der Waals surface area contributed by atoms with E-state index in [4.69, 9.17) is 4.42 Å². The minimum Gasteiger partial charge on any atom is -0.478 e. The van der Waals surface area contributed by atoms with Crippen molar-refractivity contribution in [1.29, 1.82) is 5.26 Å². The van der Waals surface area contributed by atoms with Gasteiger partial charge in [0.05, 0.1) is 5.56 Å². The molecule has 1 amide bonds. The Labute approximate surface area is 161 Å². The van der Waals surface area contributed by atoms with E-state index in [0.29, 0.717) is 17.0 Å². The average Bonchev–Trinajstić information content (AvgIpc) is 3.16. The van der Waals surface area contributed by atoms with Crippen LogP contribution in [-0.2, 0) is 4.79 Å². The zero-order valence-electron chi connectivity index (χ0n) is 15.0. The number of aromatic carboxylic acids is 1. The van der Waals surface area contributed by atoms with Gasteiger partial charge in [-0.1, -0.05) is 36.4 Å². The molecule has 2 aromatic carbocycles. The Bertz CT molecular complexity index is 1120. The van der Waals surface area contributed by atoms with Crippen LogP contribution in [0.15, 0.2) is 70.7 Å². The molecule has 6 nitrogen and oxygen atoms in total. The van der Waals surface area contributed by atoms with Crippen molar-refractivity contribution in [2.75, 3.05) is 5.32 Å². The lowest BCUT2D eigenvalue weighted by molar-refractivity contribution is -0.112. The van der Waals surface area contributed by atoms with Gasteiger partial charge in [-0.05, 0) is 36.8 Å². The summed E-state index contributed by atoms with van der Waals surface area (Å²) in [5.41, 5.74) is 1.88. The molecule has 6 heteroatoms. The molecule has 0 saturated carbocycles. The molecule has 0 atom stereocenters. The maximum atomic E-state index is 12.4. The highest BCUT2D eigenvalue weighted by Gasteiger charge is 2.15. The molecule has 2 N–H and O–H groups in total. The van der Waals surface area contributed by atoms with Crippen LogP contribution in [0.4, 0.5) is 5.69 Å². The normalized spacial score (nSPS) is 10.9. The molecule has 3 aromatic rings. The quantitative estimate of drug-likeness (QED) is 0.507. The van der Waals surface area contributed by atoms with E-state index in [9.17, 15) is 20.0 Å². The lowest BCUT2D eigenvalue weighted by Crippen LogP contribution is -2.14. The maximum absolute atomic E-state index is 12.4. The van der Waals surface area contributed by atoms with Gasteiger partial charge in [-0.25, -0.2) is 4.79 Å². The van der Waals surface area contributed by atoms with E-state index in [-0.39, 0.29) is 16.9 Å². The molecule has 1 aromatic heterocycles. The van der Waals surface area contributed by atoms with E-state index in [0.717, 1.165) is 5.56 Å². The van der Waals surface area contributed by atoms with Gasteiger partial charge in [-0.15, -0.1) is 0 Å². The Kier molecular flexibility index (Phi) is 5.38. The fourth-order valence-corrected chi connectivity index (χ4v) is 2.65. The predicted octanol–water partition coefficient (Wildman–Crippen LogP) is 4.50. The number of rotatable bonds is 5. The van der Waals surface area contributed by atoms with Crippen molar-refractivity contribution < 1.29 is 19.1 Å². The zero-order chi connectivity index (χ0) is 20.1. The summed E-state index contributed by atoms with van der Waals surface area (Å²) in [6.45, 7) is 1.85. The lowest BCUT2D eigenvalue weighted by atomic mass is 10.1. The van der Waals surface area contributed by atoms with Crippen LogP contribution in [0.3, 0.4) is 0 Å². The molecule has 0 spiro atoms. The first-order chi connectivity index (χ1) is 13.5. The van der Waals surface area contributed by atoms with E-state index >= 15 is 0 Å². The number of nitrogens with one attached hydrogen (secondary N) is 1. The monoisotopic (exact) mass is 372 g/mol. The Morgan fingerprint density at radius 1 is 1.07 bits per heavy atom. The molecule has 0 fully saturated rings. The third-order valence-corrected chi connectivity index (χ3v) is 4.09. The Hall–Kier alpha value is -4.11. The van der Waals surface area contributed by atoms with Gasteiger partial charge in [-0.3, -0.25) is 4.79 Å². The fraction of sp³-hybridized carbons (Fsp3) is 0.0455. The molecule has 0 aliphatic carbocycles. The number of para-hydroxylation sites is 1. The molecule has 0 saturated heterocycles. The summed E-state index contributed by atoms with van der Waals surface area (Å²) in [5, 5.41) is 21.3. The Morgan fingerprint density at radius 3 is 2.50 bits per heavy atom. The van der Waals surface area contributed by atoms with Crippen molar-refractivity contribution in [2.24, 2.45) is 0 Å². The largest absolute Gasteiger partial charge is 0.478 e. The molecule has 3 rings (SSSR count). The van der Waals surface area contributed by atoms with Gasteiger partial charge in [0.25, 0.3) is 5.91 Å². The third kappa shape index (κ3) is 4.00. The van der Waals surface area contributed by atoms with Gasteiger partial charge in [-0.2, -0.15) is 5.26 Å². The standard InChI is InChI=1S/C22H16N2O4/c1-14-6-2-5-9-19(14)24-21(25)15(13-23)12-16-10-11-20(28-16)17-7-3-4-8-18(17)22(26)27/h2-12H,1H3,(H,24,25)(H,26,27). The second-order valence-corrected chi connectivity index (χ2v) is 5.99. The molecular weight excluding hydrogens is 356 g/mol. The van der Waals surface area contributed by atoms with Crippen LogP contribution in [0.2, 0.25) is 0 Å². The third-order valence-electron chi connectivity index (χ3n) is 4.09. The van der Waals surface area contributed by atoms with E-state index < -0.39 is 11.9 Å². The van der Waals surface area contributed by atoms with E-state index in [1.807, 2.05) is 25.1 Å². The maximum Gasteiger partial charge on any atom is 0.336 e. The van der Waals surface area contributed by atoms with Gasteiger partial charge in [0.1, 0.15) is 23.2 Å². The van der Waals surface area contributed by atoms with Crippen molar-refractivity contribution in [3.63, 3.8) is 0 Å². The molecule has 138 valence electrons. The number of anilines is 1. The van der Waals surface area contributed by atoms with Crippen LogP contribution in [0.25, 0.3) is 17.4 Å². The fourth-order valence-electron chi connectivity index (χ4n) is 2.65. The summed E-state index contributed by atoms with van der Waals surface area (Å²) in [7, 11) is 0. The number of carbonyl (C=O) groups is 2. The molecule has 0 aliphatic heterocycles. The van der Waals surface area contributed by atoms with Crippen molar-refractivity contribution in [1.82, 2.24) is 0 Å². The lowest BCUT2D eigenvalue weighted by Gasteiger charge is -2.06. The summed E-state index contributed by atoms with van der Waals surface area (Å²) in [6, 6.07) is 18.7. The number of nitrogens with zero attached hydrogens (tertiary/aromatic N) is 1. The van der Waals surface area contributed by atoms with Gasteiger partial charge >= 0.3 is 5.97 Å². The number of nitriles is 1. The zero-order valence-corrected chi connectivity index (χ0v) is 15.0. The summed E-state index contributed by atoms with van der Waals surface area (Å²) in [6.07, 6.45) is 1.32. The number of aryl methyl sites for hydroxylation is 1. The van der Waals surface area contributed by atoms with Gasteiger partial charge < -0.3 is 14.8 Å². The number of amides is 1. The molecule has 0 bridgehead atoms. The van der Waals surface area contributed by atoms with Crippen LogP contribution in [0, 0.1) is 18.3 Å². The molecule has 0 aliphatic rings. The van der Waals surface area contributed by atoms with Gasteiger partial charge in [0.15, 0.2) is 0 Å². The number of hydrogen-bond donors (Lipinski definition) is 2. The second-order valence-electron chi connectivity index (χ2n) is 5.99. The molecule has 0 unspecified atom stereocenters. The van der Waals surface area contributed by atoms with Crippen LogP contribution in [0.1, 0.15) is 21.7 Å². The van der Waals surface area contributed by atoms with Crippen molar-refractivity contribution in [3.8, 4) is 17.4 Å². The highest BCUT2D eigenvalue weighted by Crippen LogP contribution is 2.27. The summed E-state index contributed by atoms with van der Waals surface area (Å²) in [4.78, 5) is 23.8. The summed E-state index contributed by atoms with van der Waals surface area (Å²) >= 11 is 0. The molecular formula is C22H16N2O4. The topological polar surface area (TPSA) is 103 Å². The summed E-state index contributed by atoms with van der Waals surface area (Å²) in [5.74, 6) is -1.02. The van der Waals surface area contributed by atoms with Gasteiger partial charge in [0.2, 0.25) is 0 Å². The number of carboxylic acids is 1. The number of benzene rings is 2. The highest BCUT2D eigenvalue weighted by atomic mass is 16.4. The minimum absolute atomic E-state index is 0.102. The van der Waals surface area contributed by atoms with Crippen molar-refractivity contribution >= 4 is 23.6 Å². The minimum atomic E-state index is -1.07. The second kappa shape index (κ2) is 8.06. The van der Waals surface area contributed by atoms with Crippen molar-refractivity contribution in [3.05, 3.63) is 83.1 Å². The smallest absolute Gasteiger partial charge is 0.336 e. The van der Waals surface area contributed by atoms with Gasteiger partial charge in [0, 0.05) is 17.3 Å². The SMILES string of the molecule is Cc1ccccc1NC(=O)C(C#N)=Cc1ccc(-c2ccccc2C(=O)O)o1. The molecule has 1 heterocycles. The highest BCUT2D eigenvalue weighted by molar-refractivity contribution is 6.09. The average molecular weight is 372 g/mol. The molecule has 28 heavy (non-hydrogen) atoms. The first-order valence-corrected chi connectivity index (χ1v) is 8.41. The molecule has 0 radical (unpaired) electrons. The summed E-state index contributed by atoms with van der Waals surface area (Å²) < 4.78 is 5.65. The predicted molar refractivity (Wildman–Crippen MR) is 105 cm³/mol. The Morgan fingerprint density at radius 2 is 1.79 bits per heavy atom.